The van der Waals surface area contributed by atoms with Crippen molar-refractivity contribution in [3.8, 4) is 6.07 Å². The molecule has 0 bridgehead atoms. The van der Waals surface area contributed by atoms with Crippen LogP contribution in [0.4, 0.5) is 18.9 Å². The summed E-state index contributed by atoms with van der Waals surface area (Å²) in [6, 6.07) is 5.77. The van der Waals surface area contributed by atoms with Gasteiger partial charge in [0.25, 0.3) is 0 Å². The van der Waals surface area contributed by atoms with Gasteiger partial charge in [-0.25, -0.2) is 0 Å². The number of rotatable bonds is 3. The normalized spacial score (nSPS) is 18.2. The van der Waals surface area contributed by atoms with Gasteiger partial charge >= 0.3 is 6.18 Å². The van der Waals surface area contributed by atoms with Crippen molar-refractivity contribution < 1.29 is 13.2 Å². The highest BCUT2D eigenvalue weighted by molar-refractivity contribution is 5.85. The predicted octanol–water partition coefficient (Wildman–Crippen LogP) is 3.58. The van der Waals surface area contributed by atoms with E-state index in [4.69, 9.17) is 5.26 Å². The van der Waals surface area contributed by atoms with E-state index in [1.165, 1.54) is 6.07 Å². The van der Waals surface area contributed by atoms with Crippen LogP contribution in [0.25, 0.3) is 0 Å². The standard InChI is InChI=1S/C15H18F3N3.ClH/c1-2-21(13-4-3-7-20-10-13)12-6-5-11(9-19)14(8-12)15(16,17)18;/h5-6,8,13,20H,2-4,7,10H2,1H3;1H/t13-;/m1./s1. The monoisotopic (exact) mass is 333 g/mol. The van der Waals surface area contributed by atoms with Crippen LogP contribution in [-0.2, 0) is 6.18 Å². The number of benzene rings is 1. The largest absolute Gasteiger partial charge is 0.417 e. The summed E-state index contributed by atoms with van der Waals surface area (Å²) in [4.78, 5) is 1.97. The molecular weight excluding hydrogens is 315 g/mol. The summed E-state index contributed by atoms with van der Waals surface area (Å²) in [6.07, 6.45) is -2.53. The molecule has 1 atom stereocenters. The van der Waals surface area contributed by atoms with E-state index in [-0.39, 0.29) is 24.0 Å². The van der Waals surface area contributed by atoms with E-state index in [2.05, 4.69) is 5.32 Å². The lowest BCUT2D eigenvalue weighted by molar-refractivity contribution is -0.137. The third-order valence-corrected chi connectivity index (χ3v) is 3.81. The average molecular weight is 334 g/mol. The maximum Gasteiger partial charge on any atom is 0.417 e. The Morgan fingerprint density at radius 1 is 1.41 bits per heavy atom. The molecule has 0 spiro atoms. The lowest BCUT2D eigenvalue weighted by Gasteiger charge is -2.36. The summed E-state index contributed by atoms with van der Waals surface area (Å²) >= 11 is 0. The third-order valence-electron chi connectivity index (χ3n) is 3.81. The van der Waals surface area contributed by atoms with Gasteiger partial charge in [-0.15, -0.1) is 12.4 Å². The zero-order valence-electron chi connectivity index (χ0n) is 12.3. The van der Waals surface area contributed by atoms with Gasteiger partial charge in [0.05, 0.1) is 17.2 Å². The predicted molar refractivity (Wildman–Crippen MR) is 82.3 cm³/mol. The highest BCUT2D eigenvalue weighted by atomic mass is 35.5. The number of nitrogens with one attached hydrogen (secondary N) is 1. The van der Waals surface area contributed by atoms with E-state index in [1.54, 1.807) is 12.1 Å². The van der Waals surface area contributed by atoms with Gasteiger partial charge in [0.2, 0.25) is 0 Å². The summed E-state index contributed by atoms with van der Waals surface area (Å²) in [7, 11) is 0. The van der Waals surface area contributed by atoms with Crippen LogP contribution in [0.3, 0.4) is 0 Å². The minimum absolute atomic E-state index is 0. The summed E-state index contributed by atoms with van der Waals surface area (Å²) in [6.45, 7) is 4.29. The molecule has 0 saturated carbocycles. The van der Waals surface area contributed by atoms with E-state index in [0.29, 0.717) is 12.2 Å². The van der Waals surface area contributed by atoms with Crippen LogP contribution < -0.4 is 10.2 Å². The Morgan fingerprint density at radius 3 is 2.64 bits per heavy atom. The first-order valence-corrected chi connectivity index (χ1v) is 7.06. The molecule has 122 valence electrons. The summed E-state index contributed by atoms with van der Waals surface area (Å²) in [5.74, 6) is 0. The quantitative estimate of drug-likeness (QED) is 0.919. The Morgan fingerprint density at radius 2 is 2.14 bits per heavy atom. The molecule has 1 aliphatic rings. The van der Waals surface area contributed by atoms with Crippen molar-refractivity contribution in [3.63, 3.8) is 0 Å². The molecule has 1 aliphatic heterocycles. The Labute approximate surface area is 134 Å². The first-order valence-electron chi connectivity index (χ1n) is 7.06. The summed E-state index contributed by atoms with van der Waals surface area (Å²) < 4.78 is 39.1. The summed E-state index contributed by atoms with van der Waals surface area (Å²) in [5.41, 5.74) is -0.661. The molecule has 1 aromatic carbocycles. The van der Waals surface area contributed by atoms with E-state index in [0.717, 1.165) is 32.0 Å². The minimum atomic E-state index is -4.51. The first kappa shape index (κ1) is 18.6. The second-order valence-corrected chi connectivity index (χ2v) is 5.13. The molecular formula is C15H19ClF3N3. The molecule has 7 heteroatoms. The van der Waals surface area contributed by atoms with Gasteiger partial charge in [-0.2, -0.15) is 18.4 Å². The number of likely N-dealkylation sites (N-methyl/N-ethyl adjacent to an activating group) is 1. The fraction of sp³-hybridized carbons (Fsp3) is 0.533. The maximum absolute atomic E-state index is 13.0. The van der Waals surface area contributed by atoms with Gasteiger partial charge in [0, 0.05) is 24.8 Å². The van der Waals surface area contributed by atoms with Gasteiger partial charge < -0.3 is 10.2 Å². The molecule has 22 heavy (non-hydrogen) atoms. The second-order valence-electron chi connectivity index (χ2n) is 5.13. The number of hydrogen-bond donors (Lipinski definition) is 1. The number of nitriles is 1. The smallest absolute Gasteiger partial charge is 0.368 e. The Bertz CT molecular complexity index is 534. The molecule has 0 radical (unpaired) electrons. The van der Waals surface area contributed by atoms with Crippen molar-refractivity contribution in [2.24, 2.45) is 0 Å². The van der Waals surface area contributed by atoms with E-state index in [1.807, 2.05) is 11.8 Å². The first-order chi connectivity index (χ1) is 9.97. The Balaban J connectivity index is 0.00000242. The molecule has 1 saturated heterocycles. The van der Waals surface area contributed by atoms with Crippen LogP contribution in [0.5, 0.6) is 0 Å². The topological polar surface area (TPSA) is 39.1 Å². The Hall–Kier alpha value is -1.45. The Kier molecular flexibility index (Phi) is 6.51. The van der Waals surface area contributed by atoms with Gasteiger partial charge in [0.1, 0.15) is 0 Å². The zero-order chi connectivity index (χ0) is 15.5. The van der Waals surface area contributed by atoms with Crippen LogP contribution >= 0.6 is 12.4 Å². The van der Waals surface area contributed by atoms with Gasteiger partial charge in [-0.05, 0) is 44.5 Å². The van der Waals surface area contributed by atoms with Gasteiger partial charge in [0.15, 0.2) is 0 Å². The van der Waals surface area contributed by atoms with Crippen LogP contribution in [0.1, 0.15) is 30.9 Å². The number of nitrogens with zero attached hydrogens (tertiary/aromatic N) is 2. The zero-order valence-corrected chi connectivity index (χ0v) is 13.1. The van der Waals surface area contributed by atoms with Crippen molar-refractivity contribution >= 4 is 18.1 Å². The van der Waals surface area contributed by atoms with E-state index >= 15 is 0 Å². The van der Waals surface area contributed by atoms with Crippen molar-refractivity contribution in [2.75, 3.05) is 24.5 Å². The van der Waals surface area contributed by atoms with Crippen LogP contribution in [0.15, 0.2) is 18.2 Å². The number of hydrogen-bond acceptors (Lipinski definition) is 3. The molecule has 1 N–H and O–H groups in total. The molecule has 0 amide bonds. The van der Waals surface area contributed by atoms with Crippen LogP contribution in [0.2, 0.25) is 0 Å². The fourth-order valence-corrected chi connectivity index (χ4v) is 2.79. The van der Waals surface area contributed by atoms with E-state index in [9.17, 15) is 13.2 Å². The molecule has 1 fully saturated rings. The van der Waals surface area contributed by atoms with Crippen molar-refractivity contribution in [2.45, 2.75) is 32.0 Å². The number of alkyl halides is 3. The van der Waals surface area contributed by atoms with Crippen molar-refractivity contribution in [3.05, 3.63) is 29.3 Å². The highest BCUT2D eigenvalue weighted by Gasteiger charge is 2.34. The van der Waals surface area contributed by atoms with Crippen LogP contribution in [-0.4, -0.2) is 25.7 Å². The molecule has 1 aromatic rings. The number of piperidine rings is 1. The molecule has 0 aliphatic carbocycles. The molecule has 1 heterocycles. The molecule has 2 rings (SSSR count). The number of halogens is 4. The van der Waals surface area contributed by atoms with Gasteiger partial charge in [-0.1, -0.05) is 0 Å². The summed E-state index contributed by atoms with van der Waals surface area (Å²) in [5, 5.41) is 12.1. The van der Waals surface area contributed by atoms with Crippen LogP contribution in [0, 0.1) is 11.3 Å². The van der Waals surface area contributed by atoms with Crippen molar-refractivity contribution in [1.29, 1.82) is 5.26 Å². The SMILES string of the molecule is CCN(c1ccc(C#N)c(C(F)(F)F)c1)[C@@H]1CCCNC1.Cl. The highest BCUT2D eigenvalue weighted by Crippen LogP contribution is 2.35. The maximum atomic E-state index is 13.0. The third kappa shape index (κ3) is 4.05. The lowest BCUT2D eigenvalue weighted by Crippen LogP contribution is -2.46. The van der Waals surface area contributed by atoms with Gasteiger partial charge in [-0.3, -0.25) is 0 Å². The minimum Gasteiger partial charge on any atom is -0.368 e. The fourth-order valence-electron chi connectivity index (χ4n) is 2.79. The number of anilines is 1. The molecule has 0 unspecified atom stereocenters. The molecule has 0 aromatic heterocycles. The molecule has 3 nitrogen and oxygen atoms in total. The average Bonchev–Trinajstić information content (AvgIpc) is 2.48. The van der Waals surface area contributed by atoms with E-state index < -0.39 is 11.7 Å². The van der Waals surface area contributed by atoms with Crippen molar-refractivity contribution in [1.82, 2.24) is 5.32 Å². The second kappa shape index (κ2) is 7.70. The lowest BCUT2D eigenvalue weighted by atomic mass is 10.0.